The van der Waals surface area contributed by atoms with Gasteiger partial charge in [-0.15, -0.1) is 0 Å². The van der Waals surface area contributed by atoms with Crippen LogP contribution < -0.4 is 11.1 Å². The highest BCUT2D eigenvalue weighted by molar-refractivity contribution is 5.90. The van der Waals surface area contributed by atoms with Crippen molar-refractivity contribution in [3.63, 3.8) is 0 Å². The van der Waals surface area contributed by atoms with Crippen LogP contribution in [0.2, 0.25) is 0 Å². The van der Waals surface area contributed by atoms with Gasteiger partial charge in [0.2, 0.25) is 0 Å². The van der Waals surface area contributed by atoms with E-state index in [9.17, 15) is 0 Å². The maximum absolute atomic E-state index is 6.20. The van der Waals surface area contributed by atoms with Crippen LogP contribution in [0.4, 0.5) is 5.69 Å². The molecule has 0 aliphatic carbocycles. The minimum absolute atomic E-state index is 0.0414. The Morgan fingerprint density at radius 3 is 2.62 bits per heavy atom. The summed E-state index contributed by atoms with van der Waals surface area (Å²) in [6.07, 6.45) is 2.62. The van der Waals surface area contributed by atoms with Gasteiger partial charge in [0, 0.05) is 18.0 Å². The largest absolute Gasteiger partial charge is 0.383 e. The van der Waals surface area contributed by atoms with Gasteiger partial charge >= 0.3 is 0 Å². The molecule has 0 saturated heterocycles. The smallest absolute Gasteiger partial charge is 0.0950 e. The number of fused-ring (bicyclic) bond motifs is 1. The van der Waals surface area contributed by atoms with Gasteiger partial charge in [0.15, 0.2) is 0 Å². The zero-order valence-corrected chi connectivity index (χ0v) is 11.7. The van der Waals surface area contributed by atoms with E-state index in [0.717, 1.165) is 35.1 Å². The van der Waals surface area contributed by atoms with Crippen molar-refractivity contribution in [3.8, 4) is 0 Å². The van der Waals surface area contributed by atoms with Crippen LogP contribution in [0.5, 0.6) is 0 Å². The highest BCUT2D eigenvalue weighted by atomic mass is 15.1. The molecule has 0 radical (unpaired) electrons. The van der Waals surface area contributed by atoms with Gasteiger partial charge in [0.1, 0.15) is 0 Å². The number of nitrogens with one attached hydrogen (secondary N) is 1. The highest BCUT2D eigenvalue weighted by Crippen LogP contribution is 2.20. The highest BCUT2D eigenvalue weighted by Gasteiger charge is 2.06. The second-order valence-electron chi connectivity index (χ2n) is 5.01. The topological polar surface area (TPSA) is 63.8 Å². The zero-order valence-electron chi connectivity index (χ0n) is 11.7. The van der Waals surface area contributed by atoms with Crippen molar-refractivity contribution in [1.82, 2.24) is 10.2 Å². The second-order valence-corrected chi connectivity index (χ2v) is 5.01. The fourth-order valence-electron chi connectivity index (χ4n) is 2.38. The number of aromatic nitrogens is 2. The Kier molecular flexibility index (Phi) is 4.07. The summed E-state index contributed by atoms with van der Waals surface area (Å²) >= 11 is 0. The van der Waals surface area contributed by atoms with Gasteiger partial charge in [-0.1, -0.05) is 48.5 Å². The van der Waals surface area contributed by atoms with Gasteiger partial charge in [0.05, 0.1) is 17.4 Å². The standard InChI is InChI=1S/C17H18N4/c18-15(13-6-2-1-3-7-13)10-11-19-17-12-20-21-16-9-5-4-8-14(16)17/h1-9,12,15H,10-11,18H2,(H,19,21). The lowest BCUT2D eigenvalue weighted by Crippen LogP contribution is -2.15. The average molecular weight is 278 g/mol. The van der Waals surface area contributed by atoms with Crippen LogP contribution in [0.1, 0.15) is 18.0 Å². The summed E-state index contributed by atoms with van der Waals surface area (Å²) in [5.41, 5.74) is 9.27. The molecule has 0 spiro atoms. The van der Waals surface area contributed by atoms with E-state index in [1.165, 1.54) is 0 Å². The predicted octanol–water partition coefficient (Wildman–Crippen LogP) is 3.13. The van der Waals surface area contributed by atoms with Gasteiger partial charge in [-0.25, -0.2) is 0 Å². The summed E-state index contributed by atoms with van der Waals surface area (Å²) in [7, 11) is 0. The van der Waals surface area contributed by atoms with Gasteiger partial charge in [-0.05, 0) is 18.1 Å². The molecule has 3 rings (SSSR count). The van der Waals surface area contributed by atoms with Crippen molar-refractivity contribution in [2.75, 3.05) is 11.9 Å². The molecule has 3 N–H and O–H groups in total. The van der Waals surface area contributed by atoms with Crippen LogP contribution >= 0.6 is 0 Å². The molecule has 106 valence electrons. The number of rotatable bonds is 5. The first-order chi connectivity index (χ1) is 10.3. The summed E-state index contributed by atoms with van der Waals surface area (Å²) in [4.78, 5) is 0. The first kappa shape index (κ1) is 13.5. The Bertz CT molecular complexity index is 707. The van der Waals surface area contributed by atoms with E-state index in [4.69, 9.17) is 5.73 Å². The number of benzene rings is 2. The van der Waals surface area contributed by atoms with Crippen LogP contribution in [0, 0.1) is 0 Å². The Morgan fingerprint density at radius 1 is 1.00 bits per heavy atom. The number of hydrogen-bond donors (Lipinski definition) is 2. The number of anilines is 1. The number of nitrogens with two attached hydrogens (primary N) is 1. The van der Waals surface area contributed by atoms with Crippen molar-refractivity contribution in [1.29, 1.82) is 0 Å². The molecule has 0 fully saturated rings. The third-order valence-corrected chi connectivity index (χ3v) is 3.55. The van der Waals surface area contributed by atoms with E-state index in [2.05, 4.69) is 27.6 Å². The molecule has 1 atom stereocenters. The van der Waals surface area contributed by atoms with Gasteiger partial charge in [-0.2, -0.15) is 10.2 Å². The molecule has 0 aliphatic heterocycles. The first-order valence-corrected chi connectivity index (χ1v) is 7.09. The van der Waals surface area contributed by atoms with E-state index in [1.54, 1.807) is 6.20 Å². The predicted molar refractivity (Wildman–Crippen MR) is 86.0 cm³/mol. The molecular weight excluding hydrogens is 260 g/mol. The zero-order chi connectivity index (χ0) is 14.5. The molecule has 2 aromatic carbocycles. The molecule has 0 aliphatic rings. The van der Waals surface area contributed by atoms with E-state index in [0.29, 0.717) is 0 Å². The van der Waals surface area contributed by atoms with Crippen molar-refractivity contribution in [2.45, 2.75) is 12.5 Å². The summed E-state index contributed by atoms with van der Waals surface area (Å²) in [6.45, 7) is 0.797. The lowest BCUT2D eigenvalue weighted by atomic mass is 10.1. The molecule has 4 nitrogen and oxygen atoms in total. The monoisotopic (exact) mass is 278 g/mol. The summed E-state index contributed by atoms with van der Waals surface area (Å²) < 4.78 is 0. The fraction of sp³-hybridized carbons (Fsp3) is 0.176. The Morgan fingerprint density at radius 2 is 1.76 bits per heavy atom. The first-order valence-electron chi connectivity index (χ1n) is 7.09. The van der Waals surface area contributed by atoms with Crippen LogP contribution in [0.25, 0.3) is 10.9 Å². The van der Waals surface area contributed by atoms with Crippen LogP contribution in [-0.2, 0) is 0 Å². The minimum Gasteiger partial charge on any atom is -0.383 e. The Labute approximate surface area is 124 Å². The normalized spacial score (nSPS) is 12.2. The van der Waals surface area contributed by atoms with Crippen molar-refractivity contribution >= 4 is 16.6 Å². The summed E-state index contributed by atoms with van der Waals surface area (Å²) in [5.74, 6) is 0. The molecule has 1 heterocycles. The minimum atomic E-state index is 0.0414. The summed E-state index contributed by atoms with van der Waals surface area (Å²) in [5, 5.41) is 12.6. The molecule has 0 bridgehead atoms. The lowest BCUT2D eigenvalue weighted by Gasteiger charge is -2.13. The third kappa shape index (κ3) is 3.17. The number of hydrogen-bond acceptors (Lipinski definition) is 4. The van der Waals surface area contributed by atoms with Gasteiger partial charge in [0.25, 0.3) is 0 Å². The molecular formula is C17H18N4. The second kappa shape index (κ2) is 6.33. The lowest BCUT2D eigenvalue weighted by molar-refractivity contribution is 0.675. The maximum Gasteiger partial charge on any atom is 0.0950 e. The Hall–Kier alpha value is -2.46. The molecule has 1 unspecified atom stereocenters. The molecule has 21 heavy (non-hydrogen) atoms. The van der Waals surface area contributed by atoms with E-state index >= 15 is 0 Å². The molecule has 1 aromatic heterocycles. The SMILES string of the molecule is NC(CCNc1cnnc2ccccc12)c1ccccc1. The number of nitrogens with zero attached hydrogens (tertiary/aromatic N) is 2. The molecule has 0 saturated carbocycles. The van der Waals surface area contributed by atoms with Crippen LogP contribution in [0.3, 0.4) is 0 Å². The van der Waals surface area contributed by atoms with E-state index in [1.807, 2.05) is 42.5 Å². The molecule has 0 amide bonds. The summed E-state index contributed by atoms with van der Waals surface area (Å²) in [6, 6.07) is 18.2. The third-order valence-electron chi connectivity index (χ3n) is 3.55. The Balaban J connectivity index is 1.65. The van der Waals surface area contributed by atoms with Crippen molar-refractivity contribution in [2.24, 2.45) is 5.73 Å². The van der Waals surface area contributed by atoms with E-state index < -0.39 is 0 Å². The maximum atomic E-state index is 6.20. The molecule has 4 heteroatoms. The molecule has 3 aromatic rings. The van der Waals surface area contributed by atoms with E-state index in [-0.39, 0.29) is 6.04 Å². The quantitative estimate of drug-likeness (QED) is 0.752. The fourth-order valence-corrected chi connectivity index (χ4v) is 2.38. The van der Waals surface area contributed by atoms with Gasteiger partial charge < -0.3 is 11.1 Å². The average Bonchev–Trinajstić information content (AvgIpc) is 2.56. The van der Waals surface area contributed by atoms with Crippen LogP contribution in [-0.4, -0.2) is 16.7 Å². The van der Waals surface area contributed by atoms with Crippen molar-refractivity contribution < 1.29 is 0 Å². The van der Waals surface area contributed by atoms with Gasteiger partial charge in [-0.3, -0.25) is 0 Å². The van der Waals surface area contributed by atoms with Crippen LogP contribution in [0.15, 0.2) is 60.8 Å². The van der Waals surface area contributed by atoms with Crippen molar-refractivity contribution in [3.05, 3.63) is 66.4 Å².